The number of benzene rings is 1. The molecule has 0 spiro atoms. The maximum atomic E-state index is 12.6. The second kappa shape index (κ2) is 7.15. The molecule has 0 unspecified atom stereocenters. The Bertz CT molecular complexity index is 556. The molecule has 1 fully saturated rings. The van der Waals surface area contributed by atoms with Crippen molar-refractivity contribution in [2.75, 3.05) is 13.7 Å². The summed E-state index contributed by atoms with van der Waals surface area (Å²) in [6, 6.07) is 9.28. The summed E-state index contributed by atoms with van der Waals surface area (Å²) in [5.74, 6) is 0.215. The maximum Gasteiger partial charge on any atom is 0.344 e. The first-order valence-electron chi connectivity index (χ1n) is 7.28. The molecule has 1 aromatic carbocycles. The lowest BCUT2D eigenvalue weighted by atomic mass is 9.96. The van der Waals surface area contributed by atoms with E-state index in [1.54, 1.807) is 4.90 Å². The first-order chi connectivity index (χ1) is 10.6. The summed E-state index contributed by atoms with van der Waals surface area (Å²) in [5, 5.41) is 4.96. The normalized spacial score (nSPS) is 21.4. The van der Waals surface area contributed by atoms with E-state index in [1.807, 2.05) is 30.3 Å². The largest absolute Gasteiger partial charge is 0.344 e. The molecule has 1 heterocycles. The Morgan fingerprint density at radius 2 is 2.05 bits per heavy atom. The summed E-state index contributed by atoms with van der Waals surface area (Å²) in [7, 11) is 1.46. The third-order valence-electron chi connectivity index (χ3n) is 3.90. The molecule has 1 aliphatic rings. The lowest BCUT2D eigenvalue weighted by Crippen LogP contribution is -2.42. The predicted molar refractivity (Wildman–Crippen MR) is 82.7 cm³/mol. The van der Waals surface area contributed by atoms with E-state index in [-0.39, 0.29) is 30.6 Å². The lowest BCUT2D eigenvalue weighted by Gasteiger charge is -2.29. The van der Waals surface area contributed by atoms with Gasteiger partial charge in [-0.1, -0.05) is 49.3 Å². The van der Waals surface area contributed by atoms with Crippen molar-refractivity contribution >= 4 is 6.03 Å². The van der Waals surface area contributed by atoms with Crippen LogP contribution in [0.2, 0.25) is 0 Å². The van der Waals surface area contributed by atoms with E-state index in [0.717, 1.165) is 5.56 Å². The summed E-state index contributed by atoms with van der Waals surface area (Å²) < 4.78 is 0. The molecular formula is C15H21N5O2. The number of hydroxylamine groups is 2. The number of hydrogen-bond donors (Lipinski definition) is 0. The minimum atomic E-state index is -0.280. The van der Waals surface area contributed by atoms with Gasteiger partial charge >= 0.3 is 6.03 Å². The van der Waals surface area contributed by atoms with Crippen molar-refractivity contribution in [1.29, 1.82) is 0 Å². The monoisotopic (exact) mass is 303 g/mol. The molecule has 118 valence electrons. The van der Waals surface area contributed by atoms with Gasteiger partial charge in [0.1, 0.15) is 0 Å². The van der Waals surface area contributed by atoms with E-state index in [9.17, 15) is 4.79 Å². The van der Waals surface area contributed by atoms with Crippen LogP contribution >= 0.6 is 0 Å². The molecule has 1 aliphatic heterocycles. The second-order valence-corrected chi connectivity index (χ2v) is 5.62. The molecule has 7 nitrogen and oxygen atoms in total. The Morgan fingerprint density at radius 3 is 2.59 bits per heavy atom. The van der Waals surface area contributed by atoms with Gasteiger partial charge in [-0.05, 0) is 17.0 Å². The van der Waals surface area contributed by atoms with Crippen molar-refractivity contribution in [2.45, 2.75) is 32.5 Å². The molecule has 1 aromatic rings. The molecule has 0 N–H and O–H groups in total. The van der Waals surface area contributed by atoms with E-state index in [4.69, 9.17) is 10.4 Å². The fourth-order valence-electron chi connectivity index (χ4n) is 3.02. The average molecular weight is 303 g/mol. The zero-order valence-electron chi connectivity index (χ0n) is 13.1. The lowest BCUT2D eigenvalue weighted by molar-refractivity contribution is -0.102. The highest BCUT2D eigenvalue weighted by molar-refractivity contribution is 5.77. The number of azide groups is 1. The van der Waals surface area contributed by atoms with Gasteiger partial charge in [0.05, 0.1) is 25.7 Å². The highest BCUT2D eigenvalue weighted by Crippen LogP contribution is 2.30. The Labute approximate surface area is 130 Å². The van der Waals surface area contributed by atoms with Crippen molar-refractivity contribution in [2.24, 2.45) is 11.0 Å². The number of carbonyl (C=O) groups excluding carboxylic acids is 1. The van der Waals surface area contributed by atoms with E-state index in [2.05, 4.69) is 23.9 Å². The van der Waals surface area contributed by atoms with Gasteiger partial charge in [0.25, 0.3) is 0 Å². The number of hydrogen-bond acceptors (Lipinski definition) is 3. The number of amides is 2. The van der Waals surface area contributed by atoms with Crippen LogP contribution < -0.4 is 0 Å². The number of carbonyl (C=O) groups is 1. The number of rotatable bonds is 6. The molecule has 1 saturated heterocycles. The highest BCUT2D eigenvalue weighted by atomic mass is 16.7. The van der Waals surface area contributed by atoms with Crippen molar-refractivity contribution in [3.05, 3.63) is 46.3 Å². The number of urea groups is 1. The van der Waals surface area contributed by atoms with Crippen LogP contribution in [0.25, 0.3) is 10.4 Å². The van der Waals surface area contributed by atoms with Crippen molar-refractivity contribution in [3.8, 4) is 0 Å². The van der Waals surface area contributed by atoms with Gasteiger partial charge in [-0.2, -0.15) is 5.06 Å². The van der Waals surface area contributed by atoms with Gasteiger partial charge in [0.15, 0.2) is 0 Å². The first-order valence-corrected chi connectivity index (χ1v) is 7.28. The average Bonchev–Trinajstić information content (AvgIpc) is 2.78. The minimum absolute atomic E-state index is 0.0712. The van der Waals surface area contributed by atoms with Crippen LogP contribution in [-0.4, -0.2) is 41.7 Å². The van der Waals surface area contributed by atoms with E-state index < -0.39 is 0 Å². The van der Waals surface area contributed by atoms with E-state index >= 15 is 0 Å². The van der Waals surface area contributed by atoms with Crippen molar-refractivity contribution in [1.82, 2.24) is 9.96 Å². The number of nitrogens with zero attached hydrogens (tertiary/aromatic N) is 5. The first kappa shape index (κ1) is 16.1. The Hall–Kier alpha value is -2.24. The van der Waals surface area contributed by atoms with Gasteiger partial charge in [-0.25, -0.2) is 4.79 Å². The topological polar surface area (TPSA) is 81.5 Å². The van der Waals surface area contributed by atoms with Crippen LogP contribution in [0.4, 0.5) is 4.79 Å². The van der Waals surface area contributed by atoms with Gasteiger partial charge in [-0.15, -0.1) is 0 Å². The summed E-state index contributed by atoms with van der Waals surface area (Å²) in [4.78, 5) is 22.5. The van der Waals surface area contributed by atoms with E-state index in [0.29, 0.717) is 6.54 Å². The Morgan fingerprint density at radius 1 is 1.36 bits per heavy atom. The molecule has 22 heavy (non-hydrogen) atoms. The van der Waals surface area contributed by atoms with Gasteiger partial charge < -0.3 is 4.90 Å². The van der Waals surface area contributed by atoms with E-state index in [1.165, 1.54) is 12.2 Å². The molecule has 0 radical (unpaired) electrons. The molecule has 7 heteroatoms. The summed E-state index contributed by atoms with van der Waals surface area (Å²) in [6.07, 6.45) is 0. The van der Waals surface area contributed by atoms with Crippen LogP contribution in [0.1, 0.15) is 19.4 Å². The van der Waals surface area contributed by atoms with Crippen molar-refractivity contribution < 1.29 is 9.63 Å². The molecular weight excluding hydrogens is 282 g/mol. The molecule has 2 atom stereocenters. The van der Waals surface area contributed by atoms with Crippen LogP contribution in [0.5, 0.6) is 0 Å². The Balaban J connectivity index is 2.29. The van der Waals surface area contributed by atoms with Crippen LogP contribution in [0.15, 0.2) is 35.4 Å². The van der Waals surface area contributed by atoms with Gasteiger partial charge in [0, 0.05) is 11.5 Å². The van der Waals surface area contributed by atoms with Gasteiger partial charge in [-0.3, -0.25) is 4.84 Å². The highest BCUT2D eigenvalue weighted by Gasteiger charge is 2.47. The molecule has 0 bridgehead atoms. The van der Waals surface area contributed by atoms with Gasteiger partial charge in [0.2, 0.25) is 0 Å². The zero-order valence-corrected chi connectivity index (χ0v) is 13.1. The fourth-order valence-corrected chi connectivity index (χ4v) is 3.02. The SMILES string of the molecule is CON1C(=O)N(Cc2ccccc2)[C@@H](C(C)C)[C@@H]1CN=[N+]=[N-]. The Kier molecular flexibility index (Phi) is 5.25. The second-order valence-electron chi connectivity index (χ2n) is 5.62. The molecule has 0 aliphatic carbocycles. The van der Waals surface area contributed by atoms with Crippen molar-refractivity contribution in [3.63, 3.8) is 0 Å². The summed E-state index contributed by atoms with van der Waals surface area (Å²) >= 11 is 0. The van der Waals surface area contributed by atoms with Crippen LogP contribution in [-0.2, 0) is 11.4 Å². The molecule has 0 saturated carbocycles. The standard InChI is InChI=1S/C15H21N5O2/c1-11(2)14-13(9-17-18-16)20(22-3)15(21)19(14)10-12-7-5-4-6-8-12/h4-8,11,13-14H,9-10H2,1-3H3/t13-,14-/m0/s1. The minimum Gasteiger partial charge on any atom is -0.313 e. The fraction of sp³-hybridized carbons (Fsp3) is 0.533. The van der Waals surface area contributed by atoms with Crippen LogP contribution in [0, 0.1) is 5.92 Å². The molecule has 2 amide bonds. The zero-order chi connectivity index (χ0) is 16.1. The maximum absolute atomic E-state index is 12.6. The quantitative estimate of drug-likeness (QED) is 0.459. The third kappa shape index (κ3) is 3.16. The summed E-state index contributed by atoms with van der Waals surface area (Å²) in [5.41, 5.74) is 9.64. The third-order valence-corrected chi connectivity index (χ3v) is 3.90. The smallest absolute Gasteiger partial charge is 0.313 e. The van der Waals surface area contributed by atoms with Crippen LogP contribution in [0.3, 0.4) is 0 Å². The molecule has 2 rings (SSSR count). The molecule has 0 aromatic heterocycles. The predicted octanol–water partition coefficient (Wildman–Crippen LogP) is 3.19. The summed E-state index contributed by atoms with van der Waals surface area (Å²) in [6.45, 7) is 4.82.